The van der Waals surface area contributed by atoms with Crippen LogP contribution < -0.4 is 5.32 Å². The molecular formula is C14H19N. The third-order valence-corrected chi connectivity index (χ3v) is 4.25. The summed E-state index contributed by atoms with van der Waals surface area (Å²) in [4.78, 5) is 0. The first-order valence-corrected chi connectivity index (χ1v) is 6.20. The van der Waals surface area contributed by atoms with Gasteiger partial charge in [-0.15, -0.1) is 0 Å². The van der Waals surface area contributed by atoms with Gasteiger partial charge in [0.25, 0.3) is 0 Å². The van der Waals surface area contributed by atoms with Gasteiger partial charge in [0.2, 0.25) is 0 Å². The van der Waals surface area contributed by atoms with Crippen LogP contribution >= 0.6 is 0 Å². The molecule has 3 rings (SSSR count). The number of piperidine rings is 1. The molecule has 1 N–H and O–H groups in total. The Hall–Kier alpha value is -0.820. The predicted octanol–water partition coefficient (Wildman–Crippen LogP) is 2.64. The molecule has 0 radical (unpaired) electrons. The van der Waals surface area contributed by atoms with Crippen LogP contribution in [-0.2, 0) is 11.8 Å². The summed E-state index contributed by atoms with van der Waals surface area (Å²) in [5, 5.41) is 3.49. The van der Waals surface area contributed by atoms with Crippen LogP contribution in [0.25, 0.3) is 0 Å². The number of hydrogen-bond donors (Lipinski definition) is 1. The summed E-state index contributed by atoms with van der Waals surface area (Å²) in [6.07, 6.45) is 6.77. The number of nitrogens with one attached hydrogen (secondary N) is 1. The van der Waals surface area contributed by atoms with Crippen LogP contribution in [0.4, 0.5) is 0 Å². The summed E-state index contributed by atoms with van der Waals surface area (Å²) in [6, 6.07) is 9.12. The van der Waals surface area contributed by atoms with Crippen molar-refractivity contribution < 1.29 is 0 Å². The fraction of sp³-hybridized carbons (Fsp3) is 0.571. The molecule has 0 amide bonds. The SMILES string of the molecule is c1ccc2c(c1)CCCC21CCNCC1. The molecule has 1 heteroatoms. The molecule has 1 spiro atoms. The highest BCUT2D eigenvalue weighted by atomic mass is 14.9. The van der Waals surface area contributed by atoms with E-state index in [-0.39, 0.29) is 0 Å². The molecule has 80 valence electrons. The quantitative estimate of drug-likeness (QED) is 0.680. The minimum atomic E-state index is 0.528. The van der Waals surface area contributed by atoms with Gasteiger partial charge in [-0.2, -0.15) is 0 Å². The van der Waals surface area contributed by atoms with Gasteiger partial charge >= 0.3 is 0 Å². The molecule has 2 aliphatic rings. The van der Waals surface area contributed by atoms with Gasteiger partial charge in [0.1, 0.15) is 0 Å². The molecule has 0 saturated carbocycles. The summed E-state index contributed by atoms with van der Waals surface area (Å²) in [5.74, 6) is 0. The first-order chi connectivity index (χ1) is 7.41. The molecule has 1 aliphatic heterocycles. The molecule has 0 unspecified atom stereocenters. The minimum absolute atomic E-state index is 0.528. The molecule has 1 nitrogen and oxygen atoms in total. The van der Waals surface area contributed by atoms with Gasteiger partial charge in [-0.3, -0.25) is 0 Å². The van der Waals surface area contributed by atoms with Crippen molar-refractivity contribution in [1.29, 1.82) is 0 Å². The summed E-state index contributed by atoms with van der Waals surface area (Å²) in [6.45, 7) is 2.41. The van der Waals surface area contributed by atoms with E-state index in [0.29, 0.717) is 5.41 Å². The Bertz CT molecular complexity index is 350. The van der Waals surface area contributed by atoms with Crippen molar-refractivity contribution in [1.82, 2.24) is 5.32 Å². The van der Waals surface area contributed by atoms with E-state index < -0.39 is 0 Å². The van der Waals surface area contributed by atoms with E-state index in [1.54, 1.807) is 11.1 Å². The second-order valence-electron chi connectivity index (χ2n) is 5.04. The van der Waals surface area contributed by atoms with Gasteiger partial charge in [0, 0.05) is 0 Å². The first-order valence-electron chi connectivity index (χ1n) is 6.20. The molecular weight excluding hydrogens is 182 g/mol. The maximum Gasteiger partial charge on any atom is -0.00200 e. The van der Waals surface area contributed by atoms with E-state index in [1.807, 2.05) is 0 Å². The molecule has 15 heavy (non-hydrogen) atoms. The Labute approximate surface area is 91.9 Å². The van der Waals surface area contributed by atoms with Crippen LogP contribution in [0, 0.1) is 0 Å². The standard InChI is InChI=1S/C14H19N/c1-2-6-13-12(4-1)5-3-7-14(13)8-10-15-11-9-14/h1-2,4,6,15H,3,5,7-11H2. The molecule has 1 fully saturated rings. The van der Waals surface area contributed by atoms with Crippen molar-refractivity contribution in [3.63, 3.8) is 0 Å². The fourth-order valence-corrected chi connectivity index (χ4v) is 3.43. The van der Waals surface area contributed by atoms with E-state index in [4.69, 9.17) is 0 Å². The maximum atomic E-state index is 3.49. The third kappa shape index (κ3) is 1.50. The molecule has 1 heterocycles. The van der Waals surface area contributed by atoms with Crippen molar-refractivity contribution in [3.05, 3.63) is 35.4 Å². The Morgan fingerprint density at radius 1 is 1.00 bits per heavy atom. The van der Waals surface area contributed by atoms with E-state index >= 15 is 0 Å². The minimum Gasteiger partial charge on any atom is -0.317 e. The van der Waals surface area contributed by atoms with Crippen LogP contribution in [0.2, 0.25) is 0 Å². The zero-order valence-electron chi connectivity index (χ0n) is 9.26. The summed E-state index contributed by atoms with van der Waals surface area (Å²) in [7, 11) is 0. The fourth-order valence-electron chi connectivity index (χ4n) is 3.43. The van der Waals surface area contributed by atoms with Crippen molar-refractivity contribution in [2.24, 2.45) is 0 Å². The zero-order chi connectivity index (χ0) is 10.1. The van der Waals surface area contributed by atoms with Gasteiger partial charge in [0.05, 0.1) is 0 Å². The summed E-state index contributed by atoms with van der Waals surface area (Å²) < 4.78 is 0. The maximum absolute atomic E-state index is 3.49. The van der Waals surface area contributed by atoms with Gasteiger partial charge < -0.3 is 5.32 Å². The normalized spacial score (nSPS) is 23.7. The van der Waals surface area contributed by atoms with Gasteiger partial charge in [-0.25, -0.2) is 0 Å². The monoisotopic (exact) mass is 201 g/mol. The average Bonchev–Trinajstić information content (AvgIpc) is 2.31. The van der Waals surface area contributed by atoms with Crippen LogP contribution in [0.3, 0.4) is 0 Å². The lowest BCUT2D eigenvalue weighted by Crippen LogP contribution is -2.41. The van der Waals surface area contributed by atoms with Crippen LogP contribution in [0.5, 0.6) is 0 Å². The van der Waals surface area contributed by atoms with E-state index in [1.165, 1.54) is 45.2 Å². The van der Waals surface area contributed by atoms with Crippen LogP contribution in [-0.4, -0.2) is 13.1 Å². The number of aryl methyl sites for hydroxylation is 1. The van der Waals surface area contributed by atoms with Crippen LogP contribution in [0.1, 0.15) is 36.8 Å². The highest BCUT2D eigenvalue weighted by Crippen LogP contribution is 2.43. The second-order valence-corrected chi connectivity index (χ2v) is 5.04. The highest BCUT2D eigenvalue weighted by Gasteiger charge is 2.36. The third-order valence-electron chi connectivity index (χ3n) is 4.25. The lowest BCUT2D eigenvalue weighted by molar-refractivity contribution is 0.268. The second kappa shape index (κ2) is 3.64. The van der Waals surface area contributed by atoms with Crippen LogP contribution in [0.15, 0.2) is 24.3 Å². The summed E-state index contributed by atoms with van der Waals surface area (Å²) in [5.41, 5.74) is 3.81. The Kier molecular flexibility index (Phi) is 2.28. The predicted molar refractivity (Wildman–Crippen MR) is 63.2 cm³/mol. The first kappa shape index (κ1) is 9.41. The largest absolute Gasteiger partial charge is 0.317 e. The summed E-state index contributed by atoms with van der Waals surface area (Å²) >= 11 is 0. The van der Waals surface area contributed by atoms with Crippen molar-refractivity contribution in [2.45, 2.75) is 37.5 Å². The number of benzene rings is 1. The topological polar surface area (TPSA) is 12.0 Å². The Morgan fingerprint density at radius 2 is 1.80 bits per heavy atom. The molecule has 1 aliphatic carbocycles. The van der Waals surface area contributed by atoms with Crippen molar-refractivity contribution >= 4 is 0 Å². The molecule has 0 aromatic heterocycles. The Morgan fingerprint density at radius 3 is 2.67 bits per heavy atom. The van der Waals surface area contributed by atoms with E-state index in [2.05, 4.69) is 29.6 Å². The molecule has 0 bridgehead atoms. The lowest BCUT2D eigenvalue weighted by atomic mass is 9.65. The Balaban J connectivity index is 2.04. The molecule has 0 atom stereocenters. The number of rotatable bonds is 0. The van der Waals surface area contributed by atoms with Gasteiger partial charge in [-0.05, 0) is 61.7 Å². The van der Waals surface area contributed by atoms with Crippen molar-refractivity contribution in [3.8, 4) is 0 Å². The average molecular weight is 201 g/mol. The van der Waals surface area contributed by atoms with Gasteiger partial charge in [-0.1, -0.05) is 24.3 Å². The lowest BCUT2D eigenvalue weighted by Gasteiger charge is -2.42. The van der Waals surface area contributed by atoms with Gasteiger partial charge in [0.15, 0.2) is 0 Å². The number of hydrogen-bond acceptors (Lipinski definition) is 1. The smallest absolute Gasteiger partial charge is 0.00200 e. The van der Waals surface area contributed by atoms with Crippen molar-refractivity contribution in [2.75, 3.05) is 13.1 Å². The highest BCUT2D eigenvalue weighted by molar-refractivity contribution is 5.37. The molecule has 1 aromatic rings. The molecule has 1 aromatic carbocycles. The molecule has 1 saturated heterocycles. The zero-order valence-corrected chi connectivity index (χ0v) is 9.26. The van der Waals surface area contributed by atoms with E-state index in [9.17, 15) is 0 Å². The van der Waals surface area contributed by atoms with E-state index in [0.717, 1.165) is 0 Å². The number of fused-ring (bicyclic) bond motifs is 2.